The van der Waals surface area contributed by atoms with E-state index in [1.807, 2.05) is 30.3 Å². The zero-order valence-electron chi connectivity index (χ0n) is 12.4. The van der Waals surface area contributed by atoms with Gasteiger partial charge in [0.05, 0.1) is 13.0 Å². The molecular weight excluding hydrogens is 280 g/mol. The van der Waals surface area contributed by atoms with Gasteiger partial charge >= 0.3 is 5.97 Å². The van der Waals surface area contributed by atoms with Gasteiger partial charge in [0.15, 0.2) is 0 Å². The van der Waals surface area contributed by atoms with Crippen molar-refractivity contribution in [1.82, 2.24) is 0 Å². The topological polar surface area (TPSA) is 52.6 Å². The van der Waals surface area contributed by atoms with E-state index < -0.39 is 11.9 Å². The Morgan fingerprint density at radius 3 is 2.36 bits per heavy atom. The molecule has 2 rings (SSSR count). The van der Waals surface area contributed by atoms with Crippen molar-refractivity contribution in [3.63, 3.8) is 0 Å². The summed E-state index contributed by atoms with van der Waals surface area (Å²) >= 11 is 0. The van der Waals surface area contributed by atoms with Crippen LogP contribution in [0.1, 0.15) is 23.5 Å². The Balaban J connectivity index is 2.02. The van der Waals surface area contributed by atoms with Gasteiger partial charge in [0, 0.05) is 6.42 Å². The maximum absolute atomic E-state index is 11.7. The standard InChI is InChI=1S/C18H18O4/c1-21-18(20)17(11-12-19)15-7-9-16(10-8-15)22-13-14-5-3-2-4-6-14/h2-10,12,17H,11,13H2,1H3/t17-/m1/s1. The molecule has 0 heterocycles. The molecule has 22 heavy (non-hydrogen) atoms. The highest BCUT2D eigenvalue weighted by Crippen LogP contribution is 2.23. The molecule has 2 aromatic rings. The molecule has 114 valence electrons. The fraction of sp³-hybridized carbons (Fsp3) is 0.222. The Hall–Kier alpha value is -2.62. The van der Waals surface area contributed by atoms with E-state index in [1.54, 1.807) is 24.3 Å². The second-order valence-electron chi connectivity index (χ2n) is 4.82. The Kier molecular flexibility index (Phi) is 5.72. The second kappa shape index (κ2) is 7.98. The summed E-state index contributed by atoms with van der Waals surface area (Å²) in [6.07, 6.45) is 0.832. The lowest BCUT2D eigenvalue weighted by Crippen LogP contribution is -2.14. The summed E-state index contributed by atoms with van der Waals surface area (Å²) in [5.74, 6) is -0.266. The molecule has 2 aromatic carbocycles. The second-order valence-corrected chi connectivity index (χ2v) is 4.82. The molecule has 0 bridgehead atoms. The smallest absolute Gasteiger partial charge is 0.313 e. The Bertz CT molecular complexity index is 605. The van der Waals surface area contributed by atoms with Crippen LogP contribution in [-0.4, -0.2) is 19.4 Å². The van der Waals surface area contributed by atoms with Crippen molar-refractivity contribution in [2.75, 3.05) is 7.11 Å². The Morgan fingerprint density at radius 1 is 1.09 bits per heavy atom. The van der Waals surface area contributed by atoms with Crippen molar-refractivity contribution in [2.45, 2.75) is 18.9 Å². The molecule has 0 aromatic heterocycles. The van der Waals surface area contributed by atoms with Crippen LogP contribution in [0.15, 0.2) is 54.6 Å². The van der Waals surface area contributed by atoms with Crippen LogP contribution in [0.4, 0.5) is 0 Å². The highest BCUT2D eigenvalue weighted by atomic mass is 16.5. The van der Waals surface area contributed by atoms with Crippen molar-refractivity contribution in [3.8, 4) is 5.75 Å². The monoisotopic (exact) mass is 298 g/mol. The quantitative estimate of drug-likeness (QED) is 0.582. The normalized spacial score (nSPS) is 11.5. The summed E-state index contributed by atoms with van der Waals surface area (Å²) in [5, 5.41) is 0. The van der Waals surface area contributed by atoms with Gasteiger partial charge in [0.2, 0.25) is 0 Å². The van der Waals surface area contributed by atoms with Gasteiger partial charge in [-0.3, -0.25) is 4.79 Å². The predicted octanol–water partition coefficient (Wildman–Crippen LogP) is 3.11. The van der Waals surface area contributed by atoms with Crippen LogP contribution in [0, 0.1) is 0 Å². The predicted molar refractivity (Wildman–Crippen MR) is 82.7 cm³/mol. The van der Waals surface area contributed by atoms with E-state index in [0.29, 0.717) is 12.4 Å². The van der Waals surface area contributed by atoms with E-state index in [4.69, 9.17) is 9.47 Å². The molecule has 0 radical (unpaired) electrons. The van der Waals surface area contributed by atoms with Crippen LogP contribution < -0.4 is 4.74 Å². The minimum Gasteiger partial charge on any atom is -0.489 e. The molecular formula is C18H18O4. The molecule has 0 aliphatic heterocycles. The summed E-state index contributed by atoms with van der Waals surface area (Å²) in [6.45, 7) is 0.481. The molecule has 0 fully saturated rings. The molecule has 0 spiro atoms. The summed E-state index contributed by atoms with van der Waals surface area (Å²) in [4.78, 5) is 22.4. The number of ether oxygens (including phenoxy) is 2. The first-order chi connectivity index (χ1) is 10.7. The number of methoxy groups -OCH3 is 1. The number of hydrogen-bond acceptors (Lipinski definition) is 4. The van der Waals surface area contributed by atoms with Gasteiger partial charge < -0.3 is 14.3 Å². The molecule has 1 atom stereocenters. The largest absolute Gasteiger partial charge is 0.489 e. The fourth-order valence-corrected chi connectivity index (χ4v) is 2.14. The summed E-state index contributed by atoms with van der Waals surface area (Å²) in [6, 6.07) is 17.0. The van der Waals surface area contributed by atoms with Crippen LogP contribution in [0.5, 0.6) is 5.75 Å². The number of rotatable bonds is 7. The number of aldehydes is 1. The van der Waals surface area contributed by atoms with E-state index in [0.717, 1.165) is 17.4 Å². The molecule has 0 amide bonds. The van der Waals surface area contributed by atoms with Crippen LogP contribution in [-0.2, 0) is 20.9 Å². The average Bonchev–Trinajstić information content (AvgIpc) is 2.59. The number of carbonyl (C=O) groups is 2. The lowest BCUT2D eigenvalue weighted by molar-refractivity contribution is -0.143. The molecule has 4 heteroatoms. The molecule has 0 aliphatic carbocycles. The van der Waals surface area contributed by atoms with Gasteiger partial charge in [0.25, 0.3) is 0 Å². The van der Waals surface area contributed by atoms with Crippen LogP contribution >= 0.6 is 0 Å². The van der Waals surface area contributed by atoms with Gasteiger partial charge in [0.1, 0.15) is 18.6 Å². The first-order valence-electron chi connectivity index (χ1n) is 7.02. The van der Waals surface area contributed by atoms with Crippen LogP contribution in [0.25, 0.3) is 0 Å². The van der Waals surface area contributed by atoms with Gasteiger partial charge in [-0.05, 0) is 23.3 Å². The number of hydrogen-bond donors (Lipinski definition) is 0. The maximum Gasteiger partial charge on any atom is 0.313 e. The van der Waals surface area contributed by atoms with Gasteiger partial charge in [-0.15, -0.1) is 0 Å². The zero-order valence-corrected chi connectivity index (χ0v) is 12.4. The molecule has 0 N–H and O–H groups in total. The molecule has 0 unspecified atom stereocenters. The third-order valence-corrected chi connectivity index (χ3v) is 3.35. The summed E-state index contributed by atoms with van der Waals surface area (Å²) in [7, 11) is 1.32. The number of esters is 1. The average molecular weight is 298 g/mol. The Morgan fingerprint density at radius 2 is 1.77 bits per heavy atom. The van der Waals surface area contributed by atoms with E-state index in [9.17, 15) is 9.59 Å². The van der Waals surface area contributed by atoms with Crippen molar-refractivity contribution < 1.29 is 19.1 Å². The van der Waals surface area contributed by atoms with Crippen LogP contribution in [0.3, 0.4) is 0 Å². The molecule has 4 nitrogen and oxygen atoms in total. The lowest BCUT2D eigenvalue weighted by Gasteiger charge is -2.13. The highest BCUT2D eigenvalue weighted by molar-refractivity contribution is 5.81. The van der Waals surface area contributed by atoms with Gasteiger partial charge in [-0.25, -0.2) is 0 Å². The van der Waals surface area contributed by atoms with E-state index in [2.05, 4.69) is 0 Å². The van der Waals surface area contributed by atoms with E-state index in [1.165, 1.54) is 7.11 Å². The Labute approximate surface area is 129 Å². The van der Waals surface area contributed by atoms with E-state index in [-0.39, 0.29) is 6.42 Å². The highest BCUT2D eigenvalue weighted by Gasteiger charge is 2.20. The van der Waals surface area contributed by atoms with Crippen LogP contribution in [0.2, 0.25) is 0 Å². The van der Waals surface area contributed by atoms with Gasteiger partial charge in [-0.2, -0.15) is 0 Å². The SMILES string of the molecule is COC(=O)[C@H](CC=O)c1ccc(OCc2ccccc2)cc1. The lowest BCUT2D eigenvalue weighted by atomic mass is 9.96. The van der Waals surface area contributed by atoms with Gasteiger partial charge in [-0.1, -0.05) is 42.5 Å². The number of carbonyl (C=O) groups excluding carboxylic acids is 2. The van der Waals surface area contributed by atoms with E-state index >= 15 is 0 Å². The van der Waals surface area contributed by atoms with Crippen molar-refractivity contribution in [1.29, 1.82) is 0 Å². The first-order valence-corrected chi connectivity index (χ1v) is 7.02. The van der Waals surface area contributed by atoms with Crippen molar-refractivity contribution >= 4 is 12.3 Å². The first kappa shape index (κ1) is 15.8. The maximum atomic E-state index is 11.7. The molecule has 0 saturated heterocycles. The minimum absolute atomic E-state index is 0.108. The third-order valence-electron chi connectivity index (χ3n) is 3.35. The van der Waals surface area contributed by atoms with Crippen molar-refractivity contribution in [3.05, 3.63) is 65.7 Å². The van der Waals surface area contributed by atoms with Crippen molar-refractivity contribution in [2.24, 2.45) is 0 Å². The molecule has 0 saturated carbocycles. The minimum atomic E-state index is -0.564. The summed E-state index contributed by atoms with van der Waals surface area (Å²) in [5.41, 5.74) is 1.82. The zero-order chi connectivity index (χ0) is 15.8. The fourth-order valence-electron chi connectivity index (χ4n) is 2.14. The third kappa shape index (κ3) is 4.19. The number of benzene rings is 2. The summed E-state index contributed by atoms with van der Waals surface area (Å²) < 4.78 is 10.4. The molecule has 0 aliphatic rings.